The van der Waals surface area contributed by atoms with E-state index in [0.717, 1.165) is 12.8 Å². The molecule has 8 rings (SSSR count). The summed E-state index contributed by atoms with van der Waals surface area (Å²) in [5.41, 5.74) is 17.3. The summed E-state index contributed by atoms with van der Waals surface area (Å²) >= 11 is 0. The van der Waals surface area contributed by atoms with E-state index < -0.39 is 8.07 Å². The molecule has 0 saturated heterocycles. The minimum atomic E-state index is -1.40. The van der Waals surface area contributed by atoms with Crippen molar-refractivity contribution in [1.82, 2.24) is 0 Å². The lowest BCUT2D eigenvalue weighted by molar-refractivity contribution is 0.490. The van der Waals surface area contributed by atoms with Crippen molar-refractivity contribution >= 4 is 42.5 Å². The van der Waals surface area contributed by atoms with Crippen LogP contribution in [0.25, 0.3) is 34.4 Å². The molecule has 2 aliphatic carbocycles. The van der Waals surface area contributed by atoms with Crippen LogP contribution in [-0.4, -0.2) is 8.07 Å². The molecule has 254 valence electrons. The SMILES string of the molecule is CCC1(CC)c2cc(/C=C/c3ccc4c(c3)C(C)(C)c3cc([Si](C)(C)C)ccc3-4)ccc2-c2ccc(N(c3ccccc3)c3ccccc3)cc21. The minimum Gasteiger partial charge on any atom is -0.310 e. The van der Waals surface area contributed by atoms with Crippen LogP contribution in [0.3, 0.4) is 0 Å². The molecule has 0 amide bonds. The second-order valence-electron chi connectivity index (χ2n) is 16.1. The third kappa shape index (κ3) is 5.43. The summed E-state index contributed by atoms with van der Waals surface area (Å²) in [5, 5.41) is 1.54. The highest BCUT2D eigenvalue weighted by atomic mass is 28.3. The molecule has 0 bridgehead atoms. The van der Waals surface area contributed by atoms with E-state index in [1.807, 2.05) is 0 Å². The Hall–Kier alpha value is -4.92. The first-order valence-electron chi connectivity index (χ1n) is 18.7. The van der Waals surface area contributed by atoms with E-state index in [4.69, 9.17) is 0 Å². The van der Waals surface area contributed by atoms with Crippen molar-refractivity contribution in [3.8, 4) is 22.3 Å². The van der Waals surface area contributed by atoms with Gasteiger partial charge in [0.05, 0.1) is 8.07 Å². The highest BCUT2D eigenvalue weighted by Gasteiger charge is 2.41. The lowest BCUT2D eigenvalue weighted by atomic mass is 9.73. The second-order valence-corrected chi connectivity index (χ2v) is 21.2. The van der Waals surface area contributed by atoms with E-state index >= 15 is 0 Å². The molecular formula is C49H49NSi. The molecule has 0 aliphatic heterocycles. The van der Waals surface area contributed by atoms with E-state index in [2.05, 4.69) is 198 Å². The Morgan fingerprint density at radius 3 is 1.47 bits per heavy atom. The van der Waals surface area contributed by atoms with Gasteiger partial charge >= 0.3 is 0 Å². The predicted molar refractivity (Wildman–Crippen MR) is 224 cm³/mol. The van der Waals surface area contributed by atoms with Gasteiger partial charge in [-0.3, -0.25) is 0 Å². The van der Waals surface area contributed by atoms with Crippen molar-refractivity contribution in [3.05, 3.63) is 167 Å². The number of nitrogens with zero attached hydrogens (tertiary/aromatic N) is 1. The van der Waals surface area contributed by atoms with Crippen LogP contribution in [0.4, 0.5) is 17.1 Å². The van der Waals surface area contributed by atoms with Gasteiger partial charge in [0, 0.05) is 27.9 Å². The van der Waals surface area contributed by atoms with E-state index in [1.54, 1.807) is 0 Å². The van der Waals surface area contributed by atoms with Crippen molar-refractivity contribution in [2.24, 2.45) is 0 Å². The van der Waals surface area contributed by atoms with Crippen molar-refractivity contribution in [2.45, 2.75) is 71.0 Å². The zero-order valence-corrected chi connectivity index (χ0v) is 32.2. The van der Waals surface area contributed by atoms with Crippen LogP contribution in [0.1, 0.15) is 73.9 Å². The van der Waals surface area contributed by atoms with Gasteiger partial charge in [0.25, 0.3) is 0 Å². The molecular weight excluding hydrogens is 631 g/mol. The Labute approximate surface area is 306 Å². The van der Waals surface area contributed by atoms with Crippen LogP contribution in [0.15, 0.2) is 133 Å². The topological polar surface area (TPSA) is 3.24 Å². The summed E-state index contributed by atoms with van der Waals surface area (Å²) < 4.78 is 0. The fourth-order valence-electron chi connectivity index (χ4n) is 8.87. The van der Waals surface area contributed by atoms with Gasteiger partial charge in [0.15, 0.2) is 0 Å². The first-order chi connectivity index (χ1) is 24.5. The van der Waals surface area contributed by atoms with E-state index in [1.165, 1.54) is 77.9 Å². The molecule has 51 heavy (non-hydrogen) atoms. The monoisotopic (exact) mass is 679 g/mol. The number of rotatable bonds is 8. The summed E-state index contributed by atoms with van der Waals surface area (Å²) in [5.74, 6) is 0. The molecule has 0 N–H and O–H groups in total. The summed E-state index contributed by atoms with van der Waals surface area (Å²) in [4.78, 5) is 2.38. The maximum Gasteiger partial charge on any atom is 0.0776 e. The molecule has 0 fully saturated rings. The van der Waals surface area contributed by atoms with Crippen LogP contribution in [0.2, 0.25) is 19.6 Å². The number of hydrogen-bond donors (Lipinski definition) is 0. The summed E-state index contributed by atoms with van der Waals surface area (Å²) in [6, 6.07) is 50.1. The van der Waals surface area contributed by atoms with E-state index in [9.17, 15) is 0 Å². The lowest BCUT2D eigenvalue weighted by Gasteiger charge is -2.32. The maximum atomic E-state index is 2.51. The van der Waals surface area contributed by atoms with Gasteiger partial charge in [-0.15, -0.1) is 0 Å². The molecule has 2 aliphatic rings. The first kappa shape index (κ1) is 33.2. The van der Waals surface area contributed by atoms with E-state index in [0.29, 0.717) is 0 Å². The van der Waals surface area contributed by atoms with Crippen LogP contribution in [0, 0.1) is 0 Å². The summed E-state index contributed by atoms with van der Waals surface area (Å²) in [6.07, 6.45) is 6.73. The third-order valence-electron chi connectivity index (χ3n) is 11.9. The molecule has 6 aromatic rings. The van der Waals surface area contributed by atoms with Gasteiger partial charge in [-0.2, -0.15) is 0 Å². The fourth-order valence-corrected chi connectivity index (χ4v) is 10.0. The average molecular weight is 680 g/mol. The second kappa shape index (κ2) is 12.4. The fraction of sp³-hybridized carbons (Fsp3) is 0.224. The molecule has 0 atom stereocenters. The van der Waals surface area contributed by atoms with Crippen LogP contribution < -0.4 is 10.1 Å². The minimum absolute atomic E-state index is 0.0131. The Balaban J connectivity index is 1.14. The quantitative estimate of drug-likeness (QED) is 0.114. The lowest BCUT2D eigenvalue weighted by Crippen LogP contribution is -2.38. The maximum absolute atomic E-state index is 2.51. The Morgan fingerprint density at radius 2 is 0.941 bits per heavy atom. The van der Waals surface area contributed by atoms with Gasteiger partial charge < -0.3 is 4.90 Å². The Kier molecular flexibility index (Phi) is 8.07. The van der Waals surface area contributed by atoms with Crippen molar-refractivity contribution in [3.63, 3.8) is 0 Å². The van der Waals surface area contributed by atoms with E-state index in [-0.39, 0.29) is 10.8 Å². The molecule has 1 nitrogen and oxygen atoms in total. The predicted octanol–water partition coefficient (Wildman–Crippen LogP) is 13.3. The van der Waals surface area contributed by atoms with Crippen LogP contribution >= 0.6 is 0 Å². The van der Waals surface area contributed by atoms with Gasteiger partial charge in [0.2, 0.25) is 0 Å². The summed E-state index contributed by atoms with van der Waals surface area (Å²) in [7, 11) is -1.40. The zero-order valence-electron chi connectivity index (χ0n) is 31.2. The van der Waals surface area contributed by atoms with Crippen molar-refractivity contribution < 1.29 is 0 Å². The van der Waals surface area contributed by atoms with Crippen LogP contribution in [-0.2, 0) is 10.8 Å². The van der Waals surface area contributed by atoms with Crippen molar-refractivity contribution in [2.75, 3.05) is 4.90 Å². The molecule has 2 heteroatoms. The van der Waals surface area contributed by atoms with Crippen LogP contribution in [0.5, 0.6) is 0 Å². The highest BCUT2D eigenvalue weighted by molar-refractivity contribution is 6.88. The number of para-hydroxylation sites is 2. The third-order valence-corrected chi connectivity index (χ3v) is 13.9. The Bertz CT molecular complexity index is 2240. The van der Waals surface area contributed by atoms with Gasteiger partial charge in [0.1, 0.15) is 0 Å². The molecule has 0 unspecified atom stereocenters. The first-order valence-corrected chi connectivity index (χ1v) is 22.2. The molecule has 0 heterocycles. The molecule has 0 radical (unpaired) electrons. The number of fused-ring (bicyclic) bond motifs is 6. The molecule has 6 aromatic carbocycles. The standard InChI is InChI=1S/C49H49NSi/c1-8-49(9-2)46-31-35(21-20-34-22-26-40-41-29-25-39(51(5,6)7)33-45(41)48(3,4)44(40)30-34)23-27-42(46)43-28-24-38(32-47(43)49)50(36-16-12-10-13-17-36)37-18-14-11-15-19-37/h10-33H,8-9H2,1-7H3/b21-20+. The van der Waals surface area contributed by atoms with Gasteiger partial charge in [-0.1, -0.05) is 162 Å². The molecule has 0 saturated carbocycles. The summed E-state index contributed by atoms with van der Waals surface area (Å²) in [6.45, 7) is 16.9. The normalized spacial score (nSPS) is 15.0. The highest BCUT2D eigenvalue weighted by Crippen LogP contribution is 2.54. The zero-order chi connectivity index (χ0) is 35.5. The average Bonchev–Trinajstić information content (AvgIpc) is 3.55. The molecule has 0 aromatic heterocycles. The largest absolute Gasteiger partial charge is 0.310 e. The van der Waals surface area contributed by atoms with Gasteiger partial charge in [-0.25, -0.2) is 0 Å². The Morgan fingerprint density at radius 1 is 0.490 bits per heavy atom. The smallest absolute Gasteiger partial charge is 0.0776 e. The van der Waals surface area contributed by atoms with Gasteiger partial charge in [-0.05, 0) is 105 Å². The number of hydrogen-bond acceptors (Lipinski definition) is 1. The number of anilines is 3. The number of benzene rings is 6. The molecule has 0 spiro atoms. The van der Waals surface area contributed by atoms with Crippen molar-refractivity contribution in [1.29, 1.82) is 0 Å².